The standard InChI is InChI=1S/C42H57N3O9S/c1-9-26(3)14-13-15-27(4)33(21-37(47)54-41(5,6)7)39(48)45-25-29(53-38-32-17-12-11-16-31(32)36(52-8)24-43-38)20-34(45)35(46)23-42(22-28(42)10-2)40(49)44-55(50,51)30-18-19-30/h9-12,16-17,24,26-30,33-34H,1-2,13-15,18-23,25H2,3-8H3,(H,44,49)/t26?,27-,28-,29-,33+,34+,42-/m1/s1. The molecule has 1 unspecified atom stereocenters. The van der Waals surface area contributed by atoms with Gasteiger partial charge in [-0.1, -0.05) is 50.6 Å². The first-order valence-corrected chi connectivity index (χ1v) is 20.9. The predicted molar refractivity (Wildman–Crippen MR) is 210 cm³/mol. The number of Topliss-reactive ketones (excluding diaryl/α,β-unsaturated/α-hetero) is 1. The monoisotopic (exact) mass is 779 g/mol. The van der Waals surface area contributed by atoms with Gasteiger partial charge in [-0.05, 0) is 76.7 Å². The molecule has 1 aromatic carbocycles. The van der Waals surface area contributed by atoms with Gasteiger partial charge in [0.05, 0.1) is 48.9 Å². The molecule has 7 atom stereocenters. The number of sulfonamides is 1. The summed E-state index contributed by atoms with van der Waals surface area (Å²) in [7, 11) is -2.31. The summed E-state index contributed by atoms with van der Waals surface area (Å²) in [6, 6.07) is 6.46. The largest absolute Gasteiger partial charge is 0.494 e. The fourth-order valence-corrected chi connectivity index (χ4v) is 9.07. The first-order valence-electron chi connectivity index (χ1n) is 19.4. The van der Waals surface area contributed by atoms with Crippen molar-refractivity contribution in [1.82, 2.24) is 14.6 Å². The number of allylic oxidation sites excluding steroid dienone is 2. The van der Waals surface area contributed by atoms with E-state index >= 15 is 0 Å². The highest BCUT2D eigenvalue weighted by Gasteiger charge is 2.61. The van der Waals surface area contributed by atoms with Gasteiger partial charge in [0.2, 0.25) is 27.7 Å². The number of aromatic nitrogens is 1. The van der Waals surface area contributed by atoms with Crippen LogP contribution in [0.4, 0.5) is 0 Å². The fraction of sp³-hybridized carbons (Fsp3) is 0.595. The highest BCUT2D eigenvalue weighted by atomic mass is 32.2. The Kier molecular flexibility index (Phi) is 12.8. The topological polar surface area (TPSA) is 158 Å². The second-order valence-electron chi connectivity index (χ2n) is 16.7. The van der Waals surface area contributed by atoms with Crippen molar-refractivity contribution in [2.75, 3.05) is 13.7 Å². The van der Waals surface area contributed by atoms with Gasteiger partial charge in [-0.3, -0.25) is 23.9 Å². The average Bonchev–Trinajstić information content (AvgIpc) is 4.06. The van der Waals surface area contributed by atoms with Crippen LogP contribution in [0.25, 0.3) is 10.8 Å². The Morgan fingerprint density at radius 3 is 2.38 bits per heavy atom. The molecule has 2 aliphatic carbocycles. The molecule has 300 valence electrons. The molecule has 13 heteroatoms. The number of pyridine rings is 1. The minimum Gasteiger partial charge on any atom is -0.494 e. The Bertz CT molecular complexity index is 1900. The van der Waals surface area contributed by atoms with Gasteiger partial charge in [0.25, 0.3) is 0 Å². The molecule has 2 aromatic rings. The fourth-order valence-electron chi connectivity index (χ4n) is 7.68. The van der Waals surface area contributed by atoms with Gasteiger partial charge in [0.15, 0.2) is 5.78 Å². The Morgan fingerprint density at radius 1 is 1.09 bits per heavy atom. The molecule has 3 fully saturated rings. The Morgan fingerprint density at radius 2 is 1.78 bits per heavy atom. The molecule has 0 bridgehead atoms. The van der Waals surface area contributed by atoms with Crippen molar-refractivity contribution < 1.29 is 41.8 Å². The molecular formula is C42H57N3O9S. The van der Waals surface area contributed by atoms with Gasteiger partial charge in [0, 0.05) is 23.6 Å². The number of rotatable bonds is 19. The number of ketones is 1. The van der Waals surface area contributed by atoms with E-state index in [1.54, 1.807) is 40.2 Å². The molecule has 2 saturated carbocycles. The van der Waals surface area contributed by atoms with Crippen LogP contribution >= 0.6 is 0 Å². The van der Waals surface area contributed by atoms with E-state index < -0.39 is 67.9 Å². The van der Waals surface area contributed by atoms with Gasteiger partial charge in [0.1, 0.15) is 17.5 Å². The van der Waals surface area contributed by atoms with Crippen LogP contribution in [0.1, 0.15) is 92.4 Å². The molecule has 1 aromatic heterocycles. The minimum absolute atomic E-state index is 0.0302. The van der Waals surface area contributed by atoms with Crippen LogP contribution in [0.15, 0.2) is 55.8 Å². The van der Waals surface area contributed by atoms with Crippen LogP contribution in [0, 0.1) is 29.1 Å². The van der Waals surface area contributed by atoms with E-state index in [1.165, 1.54) is 4.90 Å². The second-order valence-corrected chi connectivity index (χ2v) is 18.7. The summed E-state index contributed by atoms with van der Waals surface area (Å²) in [5, 5.41) is 0.861. The van der Waals surface area contributed by atoms with E-state index in [2.05, 4.69) is 29.8 Å². The summed E-state index contributed by atoms with van der Waals surface area (Å²) in [6.45, 7) is 17.1. The van der Waals surface area contributed by atoms with Gasteiger partial charge >= 0.3 is 5.97 Å². The lowest BCUT2D eigenvalue weighted by Crippen LogP contribution is -2.47. The van der Waals surface area contributed by atoms with E-state index in [0.29, 0.717) is 42.2 Å². The second kappa shape index (κ2) is 16.9. The third-order valence-electron chi connectivity index (χ3n) is 11.2. The molecule has 12 nitrogen and oxygen atoms in total. The quantitative estimate of drug-likeness (QED) is 0.126. The highest BCUT2D eigenvalue weighted by molar-refractivity contribution is 7.90. The maximum Gasteiger partial charge on any atom is 0.307 e. The lowest BCUT2D eigenvalue weighted by Gasteiger charge is -2.32. The molecule has 2 amide bonds. The third kappa shape index (κ3) is 9.95. The SMILES string of the molecule is C=CC(C)CCC[C@@H](C)[C@H](CC(=O)OC(C)(C)C)C(=O)N1C[C@H](Oc2ncc(OC)c3ccccc23)C[C@H]1C(=O)C[C@]1(C(=O)NS(=O)(=O)C2CC2)C[C@H]1C=C. The number of ether oxygens (including phenoxy) is 3. The summed E-state index contributed by atoms with van der Waals surface area (Å²) in [5.74, 6) is -2.28. The number of nitrogens with one attached hydrogen (secondary N) is 1. The zero-order chi connectivity index (χ0) is 40.3. The molecule has 1 N–H and O–H groups in total. The van der Waals surface area contributed by atoms with Crippen molar-refractivity contribution in [2.24, 2.45) is 29.1 Å². The van der Waals surface area contributed by atoms with E-state index in [4.69, 9.17) is 14.2 Å². The normalized spacial score (nSPS) is 24.0. The van der Waals surface area contributed by atoms with Crippen LogP contribution < -0.4 is 14.2 Å². The maximum absolute atomic E-state index is 14.8. The third-order valence-corrected chi connectivity index (χ3v) is 13.0. The zero-order valence-electron chi connectivity index (χ0n) is 33.0. The molecule has 2 heterocycles. The summed E-state index contributed by atoms with van der Waals surface area (Å²) in [4.78, 5) is 62.3. The average molecular weight is 780 g/mol. The van der Waals surface area contributed by atoms with Crippen molar-refractivity contribution in [3.63, 3.8) is 0 Å². The highest BCUT2D eigenvalue weighted by Crippen LogP contribution is 2.57. The zero-order valence-corrected chi connectivity index (χ0v) is 33.9. The number of benzene rings is 1. The van der Waals surface area contributed by atoms with Crippen LogP contribution in [0.2, 0.25) is 0 Å². The smallest absolute Gasteiger partial charge is 0.307 e. The van der Waals surface area contributed by atoms with Gasteiger partial charge < -0.3 is 19.1 Å². The molecule has 1 aliphatic heterocycles. The first kappa shape index (κ1) is 41.9. The number of carbonyl (C=O) groups excluding carboxylic acids is 4. The number of esters is 1. The van der Waals surface area contributed by atoms with Crippen molar-refractivity contribution >= 4 is 44.4 Å². The molecule has 3 aliphatic rings. The maximum atomic E-state index is 14.8. The molecule has 1 saturated heterocycles. The molecular weight excluding hydrogens is 723 g/mol. The minimum atomic E-state index is -3.86. The van der Waals surface area contributed by atoms with Crippen molar-refractivity contribution in [3.05, 3.63) is 55.8 Å². The Balaban J connectivity index is 1.46. The lowest BCUT2D eigenvalue weighted by molar-refractivity contribution is -0.159. The number of fused-ring (bicyclic) bond motifs is 1. The molecule has 55 heavy (non-hydrogen) atoms. The molecule has 5 rings (SSSR count). The number of hydrogen-bond acceptors (Lipinski definition) is 10. The number of amides is 2. The van der Waals surface area contributed by atoms with E-state index in [-0.39, 0.29) is 44.1 Å². The van der Waals surface area contributed by atoms with E-state index in [0.717, 1.165) is 18.2 Å². The summed E-state index contributed by atoms with van der Waals surface area (Å²) >= 11 is 0. The number of nitrogens with zero attached hydrogens (tertiary/aromatic N) is 2. The summed E-state index contributed by atoms with van der Waals surface area (Å²) in [5.41, 5.74) is -2.06. The van der Waals surface area contributed by atoms with Crippen molar-refractivity contribution in [1.29, 1.82) is 0 Å². The van der Waals surface area contributed by atoms with Crippen molar-refractivity contribution in [3.8, 4) is 11.6 Å². The number of hydrogen-bond donors (Lipinski definition) is 1. The number of carbonyl (C=O) groups is 4. The summed E-state index contributed by atoms with van der Waals surface area (Å²) in [6.07, 6.45) is 7.56. The van der Waals surface area contributed by atoms with Gasteiger partial charge in [-0.25, -0.2) is 13.4 Å². The lowest BCUT2D eigenvalue weighted by atomic mass is 9.84. The van der Waals surface area contributed by atoms with E-state index in [9.17, 15) is 27.6 Å². The van der Waals surface area contributed by atoms with Crippen LogP contribution in [-0.4, -0.2) is 78.5 Å². The summed E-state index contributed by atoms with van der Waals surface area (Å²) < 4.78 is 45.5. The number of likely N-dealkylation sites (tertiary alicyclic amines) is 1. The van der Waals surface area contributed by atoms with E-state index in [1.807, 2.05) is 37.3 Å². The predicted octanol–water partition coefficient (Wildman–Crippen LogP) is 6.33. The molecule has 0 radical (unpaired) electrons. The van der Waals surface area contributed by atoms with Gasteiger partial charge in [-0.15, -0.1) is 13.2 Å². The molecule has 0 spiro atoms. The van der Waals surface area contributed by atoms with Crippen LogP contribution in [0.3, 0.4) is 0 Å². The van der Waals surface area contributed by atoms with Gasteiger partial charge in [-0.2, -0.15) is 0 Å². The first-order chi connectivity index (χ1) is 25.9. The van der Waals surface area contributed by atoms with Crippen LogP contribution in [-0.2, 0) is 33.9 Å². The van der Waals surface area contributed by atoms with Crippen LogP contribution in [0.5, 0.6) is 11.6 Å². The Labute approximate surface area is 325 Å². The number of methoxy groups -OCH3 is 1. The van der Waals surface area contributed by atoms with Crippen molar-refractivity contribution in [2.45, 2.75) is 115 Å². The Hall–Kier alpha value is -4.26.